The van der Waals surface area contributed by atoms with E-state index in [1.54, 1.807) is 0 Å². The van der Waals surface area contributed by atoms with E-state index in [2.05, 4.69) is 58.9 Å². The van der Waals surface area contributed by atoms with Gasteiger partial charge in [-0.3, -0.25) is 9.36 Å². The van der Waals surface area contributed by atoms with Crippen molar-refractivity contribution in [3.8, 4) is 27.5 Å². The summed E-state index contributed by atoms with van der Waals surface area (Å²) in [7, 11) is 0. The van der Waals surface area contributed by atoms with Crippen molar-refractivity contribution in [3.05, 3.63) is 97.2 Å². The molecule has 0 spiro atoms. The van der Waals surface area contributed by atoms with Crippen molar-refractivity contribution in [3.63, 3.8) is 0 Å². The Kier molecular flexibility index (Phi) is 7.20. The number of halogens is 1. The van der Waals surface area contributed by atoms with Crippen molar-refractivity contribution in [2.75, 3.05) is 0 Å². The van der Waals surface area contributed by atoms with Crippen LogP contribution >= 0.6 is 22.9 Å². The number of aromatic nitrogens is 2. The van der Waals surface area contributed by atoms with E-state index < -0.39 is 0 Å². The van der Waals surface area contributed by atoms with Crippen LogP contribution in [0.4, 0.5) is 0 Å². The monoisotopic (exact) mass is 488 g/mol. The fourth-order valence-electron chi connectivity index (χ4n) is 4.24. The molecule has 5 heteroatoms. The molecule has 3 nitrogen and oxygen atoms in total. The van der Waals surface area contributed by atoms with Gasteiger partial charge in [-0.2, -0.15) is 0 Å². The van der Waals surface area contributed by atoms with Crippen LogP contribution in [0.2, 0.25) is 5.02 Å². The summed E-state index contributed by atoms with van der Waals surface area (Å²) in [6.45, 7) is 10.5. The topological polar surface area (TPSA) is 34.9 Å². The zero-order valence-electron chi connectivity index (χ0n) is 20.3. The van der Waals surface area contributed by atoms with E-state index in [9.17, 15) is 4.79 Å². The first-order valence-electron chi connectivity index (χ1n) is 11.6. The van der Waals surface area contributed by atoms with Gasteiger partial charge >= 0.3 is 0 Å². The average Bonchev–Trinajstić information content (AvgIpc) is 3.31. The van der Waals surface area contributed by atoms with E-state index >= 15 is 0 Å². The van der Waals surface area contributed by atoms with Crippen molar-refractivity contribution in [2.45, 2.75) is 47.5 Å². The van der Waals surface area contributed by atoms with Crippen LogP contribution in [0, 0.1) is 6.92 Å². The zero-order valence-corrected chi connectivity index (χ0v) is 21.8. The highest BCUT2D eigenvalue weighted by molar-refractivity contribution is 7.13. The Morgan fingerprint density at radius 3 is 2.29 bits per heavy atom. The molecule has 0 aliphatic heterocycles. The Morgan fingerprint density at radius 1 is 1.06 bits per heavy atom. The largest absolute Gasteiger partial charge is 0.276 e. The summed E-state index contributed by atoms with van der Waals surface area (Å²) in [4.78, 5) is 19.0. The molecular weight excluding hydrogens is 460 g/mol. The molecule has 0 N–H and O–H groups in total. The highest BCUT2D eigenvalue weighted by atomic mass is 35.5. The first kappa shape index (κ1) is 24.2. The van der Waals surface area contributed by atoms with Gasteiger partial charge in [-0.1, -0.05) is 61.4 Å². The lowest BCUT2D eigenvalue weighted by Crippen LogP contribution is -2.25. The normalized spacial score (nSPS) is 11.0. The highest BCUT2D eigenvalue weighted by Crippen LogP contribution is 2.31. The first-order chi connectivity index (χ1) is 16.3. The van der Waals surface area contributed by atoms with Crippen LogP contribution < -0.4 is 5.56 Å². The van der Waals surface area contributed by atoms with Crippen LogP contribution in [0.5, 0.6) is 0 Å². The molecular formula is C29H29ClN2OS. The van der Waals surface area contributed by atoms with Crippen molar-refractivity contribution in [2.24, 2.45) is 0 Å². The van der Waals surface area contributed by atoms with Crippen molar-refractivity contribution in [1.29, 1.82) is 0 Å². The predicted octanol–water partition coefficient (Wildman–Crippen LogP) is 8.14. The van der Waals surface area contributed by atoms with Crippen LogP contribution in [0.15, 0.2) is 64.3 Å². The minimum atomic E-state index is -0.0364. The molecule has 0 fully saturated rings. The third kappa shape index (κ3) is 4.66. The molecule has 0 amide bonds. The van der Waals surface area contributed by atoms with Gasteiger partial charge in [0.1, 0.15) is 5.01 Å². The van der Waals surface area contributed by atoms with E-state index in [0.29, 0.717) is 10.6 Å². The molecule has 0 radical (unpaired) electrons. The van der Waals surface area contributed by atoms with Gasteiger partial charge in [-0.05, 0) is 74.6 Å². The summed E-state index contributed by atoms with van der Waals surface area (Å²) < 4.78 is 1.92. The van der Waals surface area contributed by atoms with E-state index in [4.69, 9.17) is 16.6 Å². The SMILES string of the molecule is CCc1cccc(CC)c1-n1c(C=C(C)C)c(C)cc(-c2nc(-c3ccc(Cl)cc3)cs2)c1=O. The Balaban J connectivity index is 1.99. The fraction of sp³-hybridized carbons (Fsp3) is 0.241. The second-order valence-electron chi connectivity index (χ2n) is 8.67. The Morgan fingerprint density at radius 2 is 1.71 bits per heavy atom. The summed E-state index contributed by atoms with van der Waals surface area (Å²) in [5.41, 5.74) is 8.88. The van der Waals surface area contributed by atoms with E-state index in [1.165, 1.54) is 22.5 Å². The molecule has 34 heavy (non-hydrogen) atoms. The summed E-state index contributed by atoms with van der Waals surface area (Å²) in [6.07, 6.45) is 3.81. The third-order valence-electron chi connectivity index (χ3n) is 5.93. The number of aryl methyl sites for hydroxylation is 3. The number of nitrogens with zero attached hydrogens (tertiary/aromatic N) is 2. The Bertz CT molecular complexity index is 1400. The molecule has 0 saturated heterocycles. The van der Waals surface area contributed by atoms with E-state index in [0.717, 1.165) is 51.6 Å². The van der Waals surface area contributed by atoms with Crippen LogP contribution in [-0.4, -0.2) is 9.55 Å². The second-order valence-corrected chi connectivity index (χ2v) is 9.96. The average molecular weight is 489 g/mol. The van der Waals surface area contributed by atoms with E-state index in [1.807, 2.05) is 40.3 Å². The van der Waals surface area contributed by atoms with Gasteiger partial charge in [0.2, 0.25) is 0 Å². The number of para-hydroxylation sites is 1. The maximum atomic E-state index is 14.1. The van der Waals surface area contributed by atoms with Crippen LogP contribution in [-0.2, 0) is 12.8 Å². The van der Waals surface area contributed by atoms with Gasteiger partial charge in [0.15, 0.2) is 0 Å². The Labute approximate surface area is 210 Å². The lowest BCUT2D eigenvalue weighted by molar-refractivity contribution is 0.907. The molecule has 2 aromatic heterocycles. The molecule has 4 aromatic rings. The van der Waals surface area contributed by atoms with Crippen molar-refractivity contribution in [1.82, 2.24) is 9.55 Å². The standard InChI is InChI=1S/C29H29ClN2OS/c1-6-20-9-8-10-21(7-2)27(20)32-26(15-18(3)4)19(5)16-24(29(32)33)28-31-25(17-34-28)22-11-13-23(30)14-12-22/h8-17H,6-7H2,1-5H3. The number of allylic oxidation sites excluding steroid dienone is 1. The molecule has 2 heterocycles. The Hall–Kier alpha value is -2.95. The number of hydrogen-bond acceptors (Lipinski definition) is 3. The molecule has 174 valence electrons. The van der Waals surface area contributed by atoms with Crippen LogP contribution in [0.25, 0.3) is 33.6 Å². The van der Waals surface area contributed by atoms with Crippen LogP contribution in [0.1, 0.15) is 50.1 Å². The molecule has 4 rings (SSSR count). The zero-order chi connectivity index (χ0) is 24.4. The molecule has 0 saturated carbocycles. The minimum Gasteiger partial charge on any atom is -0.276 e. The highest BCUT2D eigenvalue weighted by Gasteiger charge is 2.20. The van der Waals surface area contributed by atoms with Crippen LogP contribution in [0.3, 0.4) is 0 Å². The summed E-state index contributed by atoms with van der Waals surface area (Å²) in [5, 5.41) is 3.41. The fourth-order valence-corrected chi connectivity index (χ4v) is 5.20. The molecule has 0 bridgehead atoms. The van der Waals surface area contributed by atoms with Gasteiger partial charge in [0.05, 0.1) is 22.6 Å². The predicted molar refractivity (Wildman–Crippen MR) is 146 cm³/mol. The van der Waals surface area contributed by atoms with Crippen molar-refractivity contribution >= 4 is 29.0 Å². The minimum absolute atomic E-state index is 0.0364. The first-order valence-corrected chi connectivity index (χ1v) is 12.8. The molecule has 0 aliphatic rings. The van der Waals surface area contributed by atoms with Gasteiger partial charge in [-0.25, -0.2) is 4.98 Å². The summed E-state index contributed by atoms with van der Waals surface area (Å²) in [5.74, 6) is 0. The number of benzene rings is 2. The lowest BCUT2D eigenvalue weighted by atomic mass is 10.0. The van der Waals surface area contributed by atoms with Gasteiger partial charge in [0.25, 0.3) is 5.56 Å². The summed E-state index contributed by atoms with van der Waals surface area (Å²) in [6, 6.07) is 15.9. The summed E-state index contributed by atoms with van der Waals surface area (Å²) >= 11 is 7.54. The van der Waals surface area contributed by atoms with Crippen molar-refractivity contribution < 1.29 is 0 Å². The smallest absolute Gasteiger partial charge is 0.265 e. The molecule has 0 atom stereocenters. The van der Waals surface area contributed by atoms with Gasteiger partial charge in [-0.15, -0.1) is 11.3 Å². The maximum absolute atomic E-state index is 14.1. The number of pyridine rings is 1. The van der Waals surface area contributed by atoms with E-state index in [-0.39, 0.29) is 5.56 Å². The second kappa shape index (κ2) is 10.1. The van der Waals surface area contributed by atoms with Gasteiger partial charge < -0.3 is 0 Å². The molecule has 0 unspecified atom stereocenters. The number of thiazole rings is 1. The quantitative estimate of drug-likeness (QED) is 0.274. The third-order valence-corrected chi connectivity index (χ3v) is 7.06. The maximum Gasteiger partial charge on any atom is 0.265 e. The number of hydrogen-bond donors (Lipinski definition) is 0. The number of rotatable bonds is 6. The molecule has 2 aromatic carbocycles. The lowest BCUT2D eigenvalue weighted by Gasteiger charge is -2.21. The molecule has 0 aliphatic carbocycles. The van der Waals surface area contributed by atoms with Gasteiger partial charge in [0, 0.05) is 16.0 Å².